The van der Waals surface area contributed by atoms with Gasteiger partial charge in [-0.05, 0) is 73.5 Å². The lowest BCUT2D eigenvalue weighted by molar-refractivity contribution is 0.0601. The van der Waals surface area contributed by atoms with E-state index in [1.807, 2.05) is 38.1 Å². The van der Waals surface area contributed by atoms with Crippen LogP contribution in [0.2, 0.25) is 10.0 Å². The van der Waals surface area contributed by atoms with Gasteiger partial charge in [0.2, 0.25) is 0 Å². The lowest BCUT2D eigenvalue weighted by atomic mass is 10.0. The SMILES string of the molecule is COC(=O)c1ccc(-n2c(C)cc(/C=C(/C#N)c3ccc(Cl)c(Cl)c3)c2C)cc1. The van der Waals surface area contributed by atoms with Crippen molar-refractivity contribution < 1.29 is 9.53 Å². The molecule has 0 saturated carbocycles. The van der Waals surface area contributed by atoms with Gasteiger partial charge in [0.1, 0.15) is 0 Å². The maximum Gasteiger partial charge on any atom is 0.337 e. The number of carbonyl (C=O) groups excluding carboxylic acids is 1. The second-order valence-corrected chi connectivity index (χ2v) is 7.31. The molecule has 0 saturated heterocycles. The average Bonchev–Trinajstić information content (AvgIpc) is 3.00. The first kappa shape index (κ1) is 20.7. The third kappa shape index (κ3) is 4.22. The van der Waals surface area contributed by atoms with E-state index >= 15 is 0 Å². The molecule has 1 aromatic heterocycles. The number of aromatic nitrogens is 1. The molecule has 0 aliphatic heterocycles. The number of rotatable bonds is 4. The van der Waals surface area contributed by atoms with Crippen LogP contribution in [0.4, 0.5) is 0 Å². The highest BCUT2D eigenvalue weighted by atomic mass is 35.5. The normalized spacial score (nSPS) is 11.2. The highest BCUT2D eigenvalue weighted by Gasteiger charge is 2.13. The van der Waals surface area contributed by atoms with Crippen molar-refractivity contribution in [1.82, 2.24) is 4.57 Å². The Bertz CT molecular complexity index is 1150. The van der Waals surface area contributed by atoms with Gasteiger partial charge in [-0.1, -0.05) is 29.3 Å². The van der Waals surface area contributed by atoms with E-state index in [4.69, 9.17) is 27.9 Å². The molecule has 3 rings (SSSR count). The van der Waals surface area contributed by atoms with Crippen LogP contribution in [0.3, 0.4) is 0 Å². The van der Waals surface area contributed by atoms with Crippen molar-refractivity contribution in [2.45, 2.75) is 13.8 Å². The average molecular weight is 425 g/mol. The van der Waals surface area contributed by atoms with Gasteiger partial charge in [-0.3, -0.25) is 0 Å². The van der Waals surface area contributed by atoms with E-state index in [-0.39, 0.29) is 5.97 Å². The van der Waals surface area contributed by atoms with E-state index in [0.717, 1.165) is 22.6 Å². The van der Waals surface area contributed by atoms with Crippen molar-refractivity contribution in [3.8, 4) is 11.8 Å². The van der Waals surface area contributed by atoms with E-state index in [1.54, 1.807) is 30.3 Å². The minimum Gasteiger partial charge on any atom is -0.465 e. The number of hydrogen-bond acceptors (Lipinski definition) is 3. The molecule has 0 radical (unpaired) electrons. The maximum absolute atomic E-state index is 11.6. The van der Waals surface area contributed by atoms with Crippen LogP contribution in [0.5, 0.6) is 0 Å². The van der Waals surface area contributed by atoms with Gasteiger partial charge in [0.15, 0.2) is 0 Å². The summed E-state index contributed by atoms with van der Waals surface area (Å²) in [6.45, 7) is 3.97. The van der Waals surface area contributed by atoms with Crippen LogP contribution in [0.15, 0.2) is 48.5 Å². The van der Waals surface area contributed by atoms with Crippen LogP contribution in [0.25, 0.3) is 17.3 Å². The minimum atomic E-state index is -0.374. The van der Waals surface area contributed by atoms with Crippen molar-refractivity contribution >= 4 is 40.8 Å². The molecule has 0 unspecified atom stereocenters. The molecule has 3 aromatic rings. The number of benzene rings is 2. The first-order valence-corrected chi connectivity index (χ1v) is 9.56. The number of ether oxygens (including phenoxy) is 1. The van der Waals surface area contributed by atoms with E-state index in [0.29, 0.717) is 26.7 Å². The van der Waals surface area contributed by atoms with E-state index in [1.165, 1.54) is 7.11 Å². The highest BCUT2D eigenvalue weighted by Crippen LogP contribution is 2.29. The molecular weight excluding hydrogens is 407 g/mol. The summed E-state index contributed by atoms with van der Waals surface area (Å²) >= 11 is 12.1. The molecular formula is C23H18Cl2N2O2. The van der Waals surface area contributed by atoms with Crippen LogP contribution in [-0.2, 0) is 4.74 Å². The van der Waals surface area contributed by atoms with E-state index in [2.05, 4.69) is 10.6 Å². The third-order valence-corrected chi connectivity index (χ3v) is 5.41. The predicted octanol–water partition coefficient (Wildman–Crippen LogP) is 6.25. The minimum absolute atomic E-state index is 0.374. The number of allylic oxidation sites excluding steroid dienone is 1. The first-order valence-electron chi connectivity index (χ1n) is 8.80. The zero-order valence-electron chi connectivity index (χ0n) is 16.2. The first-order chi connectivity index (χ1) is 13.8. The summed E-state index contributed by atoms with van der Waals surface area (Å²) in [5, 5.41) is 10.5. The van der Waals surface area contributed by atoms with Gasteiger partial charge in [-0.2, -0.15) is 5.26 Å². The molecule has 0 bridgehead atoms. The molecule has 29 heavy (non-hydrogen) atoms. The predicted molar refractivity (Wildman–Crippen MR) is 117 cm³/mol. The Labute approximate surface area is 179 Å². The molecule has 6 heteroatoms. The summed E-state index contributed by atoms with van der Waals surface area (Å²) in [7, 11) is 1.36. The second-order valence-electron chi connectivity index (χ2n) is 6.50. The number of halogens is 2. The molecule has 4 nitrogen and oxygen atoms in total. The number of carbonyl (C=O) groups is 1. The Morgan fingerprint density at radius 1 is 1.03 bits per heavy atom. The van der Waals surface area contributed by atoms with Crippen molar-refractivity contribution in [3.05, 3.63) is 86.7 Å². The number of esters is 1. The van der Waals surface area contributed by atoms with Crippen LogP contribution in [-0.4, -0.2) is 17.6 Å². The number of nitriles is 1. The Morgan fingerprint density at radius 2 is 1.69 bits per heavy atom. The molecule has 146 valence electrons. The Hall–Kier alpha value is -3.00. The Kier molecular flexibility index (Phi) is 6.12. The molecule has 0 fully saturated rings. The second kappa shape index (κ2) is 8.57. The summed E-state index contributed by atoms with van der Waals surface area (Å²) < 4.78 is 6.81. The number of hydrogen-bond donors (Lipinski definition) is 0. The van der Waals surface area contributed by atoms with Crippen molar-refractivity contribution in [3.63, 3.8) is 0 Å². The number of aryl methyl sites for hydroxylation is 1. The summed E-state index contributed by atoms with van der Waals surface area (Å²) in [6, 6.07) is 16.6. The largest absolute Gasteiger partial charge is 0.465 e. The molecule has 0 aliphatic carbocycles. The molecule has 1 heterocycles. The van der Waals surface area contributed by atoms with Crippen molar-refractivity contribution in [1.29, 1.82) is 5.26 Å². The van der Waals surface area contributed by atoms with Crippen LogP contribution in [0.1, 0.15) is 32.9 Å². The number of methoxy groups -OCH3 is 1. The van der Waals surface area contributed by atoms with E-state index < -0.39 is 0 Å². The van der Waals surface area contributed by atoms with Crippen LogP contribution >= 0.6 is 23.2 Å². The maximum atomic E-state index is 11.6. The Balaban J connectivity index is 2.02. The van der Waals surface area contributed by atoms with Gasteiger partial charge in [-0.25, -0.2) is 4.79 Å². The molecule has 0 aliphatic rings. The molecule has 0 amide bonds. The molecule has 0 spiro atoms. The molecule has 2 aromatic carbocycles. The van der Waals surface area contributed by atoms with Gasteiger partial charge < -0.3 is 9.30 Å². The smallest absolute Gasteiger partial charge is 0.337 e. The quantitative estimate of drug-likeness (QED) is 0.367. The van der Waals surface area contributed by atoms with Gasteiger partial charge in [0.05, 0.1) is 34.4 Å². The fourth-order valence-corrected chi connectivity index (χ4v) is 3.49. The summed E-state index contributed by atoms with van der Waals surface area (Å²) in [4.78, 5) is 11.6. The van der Waals surface area contributed by atoms with Crippen LogP contribution < -0.4 is 0 Å². The molecule has 0 atom stereocenters. The molecule has 0 N–H and O–H groups in total. The summed E-state index contributed by atoms with van der Waals surface area (Å²) in [5.74, 6) is -0.374. The third-order valence-electron chi connectivity index (χ3n) is 4.67. The zero-order chi connectivity index (χ0) is 21.1. The van der Waals surface area contributed by atoms with Gasteiger partial charge in [-0.15, -0.1) is 0 Å². The standard InChI is InChI=1S/C23H18Cl2N2O2/c1-14-10-18(11-19(13-26)17-6-9-21(24)22(25)12-17)15(2)27(14)20-7-4-16(5-8-20)23(28)29-3/h4-12H,1-3H3/b19-11-. The highest BCUT2D eigenvalue weighted by molar-refractivity contribution is 6.42. The Morgan fingerprint density at radius 3 is 2.28 bits per heavy atom. The fraction of sp³-hybridized carbons (Fsp3) is 0.130. The van der Waals surface area contributed by atoms with Gasteiger partial charge in [0.25, 0.3) is 0 Å². The topological polar surface area (TPSA) is 55.0 Å². The zero-order valence-corrected chi connectivity index (χ0v) is 17.7. The van der Waals surface area contributed by atoms with E-state index in [9.17, 15) is 10.1 Å². The van der Waals surface area contributed by atoms with Gasteiger partial charge in [0, 0.05) is 17.1 Å². The summed E-state index contributed by atoms with van der Waals surface area (Å²) in [5.41, 5.74) is 5.50. The van der Waals surface area contributed by atoms with Gasteiger partial charge >= 0.3 is 5.97 Å². The summed E-state index contributed by atoms with van der Waals surface area (Å²) in [6.07, 6.45) is 1.83. The van der Waals surface area contributed by atoms with Crippen LogP contribution in [0, 0.1) is 25.2 Å². The lowest BCUT2D eigenvalue weighted by Gasteiger charge is -2.10. The lowest BCUT2D eigenvalue weighted by Crippen LogP contribution is -2.03. The fourth-order valence-electron chi connectivity index (χ4n) is 3.19. The number of nitrogens with zero attached hydrogens (tertiary/aromatic N) is 2. The van der Waals surface area contributed by atoms with Crippen molar-refractivity contribution in [2.24, 2.45) is 0 Å². The monoisotopic (exact) mass is 424 g/mol. The van der Waals surface area contributed by atoms with Crippen molar-refractivity contribution in [2.75, 3.05) is 7.11 Å².